The van der Waals surface area contributed by atoms with Crippen LogP contribution in [0.15, 0.2) is 12.4 Å². The van der Waals surface area contributed by atoms with Gasteiger partial charge >= 0.3 is 0 Å². The molecule has 0 aliphatic carbocycles. The molecular formula is C9H15N3O. The van der Waals surface area contributed by atoms with Crippen LogP contribution in [0.5, 0.6) is 0 Å². The third kappa shape index (κ3) is 2.39. The summed E-state index contributed by atoms with van der Waals surface area (Å²) in [5.74, 6) is 0.793. The Morgan fingerprint density at radius 3 is 2.77 bits per heavy atom. The van der Waals surface area contributed by atoms with Crippen molar-refractivity contribution in [2.45, 2.75) is 19.9 Å². The van der Waals surface area contributed by atoms with Crippen LogP contribution in [0.25, 0.3) is 0 Å². The first kappa shape index (κ1) is 9.92. The molecule has 13 heavy (non-hydrogen) atoms. The van der Waals surface area contributed by atoms with E-state index in [2.05, 4.69) is 9.97 Å². The first-order valence-electron chi connectivity index (χ1n) is 4.27. The van der Waals surface area contributed by atoms with Gasteiger partial charge in [-0.2, -0.15) is 0 Å². The largest absolute Gasteiger partial charge is 0.394 e. The molecule has 1 heterocycles. The maximum absolute atomic E-state index is 8.95. The van der Waals surface area contributed by atoms with E-state index in [1.165, 1.54) is 0 Å². The van der Waals surface area contributed by atoms with Crippen molar-refractivity contribution in [1.29, 1.82) is 0 Å². The van der Waals surface area contributed by atoms with Gasteiger partial charge in [0, 0.05) is 13.2 Å². The molecule has 0 bridgehead atoms. The molecule has 0 radical (unpaired) electrons. The van der Waals surface area contributed by atoms with Gasteiger partial charge in [0.2, 0.25) is 0 Å². The number of hydrogen-bond acceptors (Lipinski definition) is 4. The third-order valence-electron chi connectivity index (χ3n) is 2.03. The van der Waals surface area contributed by atoms with Gasteiger partial charge in [0.05, 0.1) is 24.5 Å². The molecule has 1 aromatic rings. The van der Waals surface area contributed by atoms with E-state index in [0.717, 1.165) is 11.5 Å². The van der Waals surface area contributed by atoms with Gasteiger partial charge in [-0.3, -0.25) is 4.98 Å². The SMILES string of the molecule is Cc1cncc(N(C)[C@@H](C)CO)n1. The second-order valence-corrected chi connectivity index (χ2v) is 3.16. The highest BCUT2D eigenvalue weighted by Crippen LogP contribution is 2.09. The Kier molecular flexibility index (Phi) is 3.19. The molecule has 4 nitrogen and oxygen atoms in total. The van der Waals surface area contributed by atoms with Crippen molar-refractivity contribution >= 4 is 5.82 Å². The van der Waals surface area contributed by atoms with Crippen LogP contribution in [0.2, 0.25) is 0 Å². The van der Waals surface area contributed by atoms with Crippen molar-refractivity contribution in [3.63, 3.8) is 0 Å². The van der Waals surface area contributed by atoms with Crippen molar-refractivity contribution in [1.82, 2.24) is 9.97 Å². The molecule has 1 N–H and O–H groups in total. The zero-order chi connectivity index (χ0) is 9.84. The summed E-state index contributed by atoms with van der Waals surface area (Å²) in [6.45, 7) is 3.95. The van der Waals surface area contributed by atoms with Crippen LogP contribution in [0.1, 0.15) is 12.6 Å². The maximum atomic E-state index is 8.95. The van der Waals surface area contributed by atoms with Gasteiger partial charge in [0.25, 0.3) is 0 Å². The number of nitrogens with zero attached hydrogens (tertiary/aromatic N) is 3. The molecular weight excluding hydrogens is 166 g/mol. The predicted molar refractivity (Wildman–Crippen MR) is 51.7 cm³/mol. The van der Waals surface area contributed by atoms with Crippen LogP contribution < -0.4 is 4.90 Å². The Bertz CT molecular complexity index is 277. The normalized spacial score (nSPS) is 12.6. The van der Waals surface area contributed by atoms with E-state index in [1.807, 2.05) is 25.8 Å². The fourth-order valence-electron chi connectivity index (χ4n) is 0.968. The van der Waals surface area contributed by atoms with Crippen LogP contribution in [-0.4, -0.2) is 34.8 Å². The van der Waals surface area contributed by atoms with Gasteiger partial charge < -0.3 is 10.0 Å². The molecule has 0 spiro atoms. The highest BCUT2D eigenvalue weighted by atomic mass is 16.3. The molecule has 0 aromatic carbocycles. The summed E-state index contributed by atoms with van der Waals surface area (Å²) in [7, 11) is 1.89. The topological polar surface area (TPSA) is 49.2 Å². The van der Waals surface area contributed by atoms with Crippen molar-refractivity contribution in [3.05, 3.63) is 18.1 Å². The number of aryl methyl sites for hydroxylation is 1. The lowest BCUT2D eigenvalue weighted by atomic mass is 10.3. The summed E-state index contributed by atoms with van der Waals surface area (Å²) >= 11 is 0. The van der Waals surface area contributed by atoms with E-state index in [0.29, 0.717) is 0 Å². The van der Waals surface area contributed by atoms with E-state index in [9.17, 15) is 0 Å². The molecule has 72 valence electrons. The van der Waals surface area contributed by atoms with E-state index in [-0.39, 0.29) is 12.6 Å². The van der Waals surface area contributed by atoms with Gasteiger partial charge in [-0.1, -0.05) is 0 Å². The second-order valence-electron chi connectivity index (χ2n) is 3.16. The van der Waals surface area contributed by atoms with Gasteiger partial charge in [0.1, 0.15) is 5.82 Å². The number of aliphatic hydroxyl groups is 1. The van der Waals surface area contributed by atoms with Gasteiger partial charge in [-0.15, -0.1) is 0 Å². The summed E-state index contributed by atoms with van der Waals surface area (Å²) < 4.78 is 0. The lowest BCUT2D eigenvalue weighted by Gasteiger charge is -2.23. The lowest BCUT2D eigenvalue weighted by Crippen LogP contribution is -2.32. The summed E-state index contributed by atoms with van der Waals surface area (Å²) in [4.78, 5) is 10.2. The number of aromatic nitrogens is 2. The van der Waals surface area contributed by atoms with Crippen LogP contribution in [0.4, 0.5) is 5.82 Å². The quantitative estimate of drug-likeness (QED) is 0.742. The van der Waals surface area contributed by atoms with Crippen molar-refractivity contribution in [2.24, 2.45) is 0 Å². The minimum absolute atomic E-state index is 0.0658. The fourth-order valence-corrected chi connectivity index (χ4v) is 0.968. The third-order valence-corrected chi connectivity index (χ3v) is 2.03. The van der Waals surface area contributed by atoms with E-state index < -0.39 is 0 Å². The molecule has 1 aromatic heterocycles. The Balaban J connectivity index is 2.82. The molecule has 4 heteroatoms. The second kappa shape index (κ2) is 4.18. The Morgan fingerprint density at radius 1 is 1.54 bits per heavy atom. The van der Waals surface area contributed by atoms with Crippen LogP contribution in [-0.2, 0) is 0 Å². The average Bonchev–Trinajstić information content (AvgIpc) is 2.15. The molecule has 0 saturated heterocycles. The highest BCUT2D eigenvalue weighted by molar-refractivity contribution is 5.36. The average molecular weight is 181 g/mol. The fraction of sp³-hybridized carbons (Fsp3) is 0.556. The smallest absolute Gasteiger partial charge is 0.147 e. The summed E-state index contributed by atoms with van der Waals surface area (Å²) in [5, 5.41) is 8.95. The van der Waals surface area contributed by atoms with Gasteiger partial charge in [0.15, 0.2) is 0 Å². The lowest BCUT2D eigenvalue weighted by molar-refractivity contribution is 0.269. The Morgan fingerprint density at radius 2 is 2.23 bits per heavy atom. The van der Waals surface area contributed by atoms with Crippen LogP contribution in [0, 0.1) is 6.92 Å². The molecule has 0 unspecified atom stereocenters. The van der Waals surface area contributed by atoms with E-state index in [4.69, 9.17) is 5.11 Å². The van der Waals surface area contributed by atoms with Gasteiger partial charge in [-0.25, -0.2) is 4.98 Å². The van der Waals surface area contributed by atoms with Crippen molar-refractivity contribution in [2.75, 3.05) is 18.6 Å². The van der Waals surface area contributed by atoms with Crippen molar-refractivity contribution in [3.8, 4) is 0 Å². The molecule has 1 rings (SSSR count). The monoisotopic (exact) mass is 181 g/mol. The van der Waals surface area contributed by atoms with E-state index >= 15 is 0 Å². The number of aliphatic hydroxyl groups excluding tert-OH is 1. The summed E-state index contributed by atoms with van der Waals surface area (Å²) in [6, 6.07) is 0.0658. The molecule has 0 fully saturated rings. The highest BCUT2D eigenvalue weighted by Gasteiger charge is 2.09. The molecule has 0 amide bonds. The first-order valence-corrected chi connectivity index (χ1v) is 4.27. The molecule has 0 aliphatic heterocycles. The number of anilines is 1. The van der Waals surface area contributed by atoms with Crippen LogP contribution >= 0.6 is 0 Å². The standard InChI is InChI=1S/C9H15N3O/c1-7-4-10-5-9(11-7)12(3)8(2)6-13/h4-5,8,13H,6H2,1-3H3/t8-/m0/s1. The van der Waals surface area contributed by atoms with Crippen molar-refractivity contribution < 1.29 is 5.11 Å². The molecule has 0 aliphatic rings. The minimum atomic E-state index is 0.0658. The number of likely N-dealkylation sites (N-methyl/N-ethyl adjacent to an activating group) is 1. The van der Waals surface area contributed by atoms with E-state index in [1.54, 1.807) is 12.4 Å². The minimum Gasteiger partial charge on any atom is -0.394 e. The summed E-state index contributed by atoms with van der Waals surface area (Å²) in [6.07, 6.45) is 3.40. The molecule has 0 saturated carbocycles. The zero-order valence-corrected chi connectivity index (χ0v) is 8.23. The Hall–Kier alpha value is -1.16. The van der Waals surface area contributed by atoms with Gasteiger partial charge in [-0.05, 0) is 13.8 Å². The number of hydrogen-bond donors (Lipinski definition) is 1. The molecule has 1 atom stereocenters. The first-order chi connectivity index (χ1) is 6.15. The Labute approximate surface area is 78.2 Å². The number of rotatable bonds is 3. The predicted octanol–water partition coefficient (Wildman–Crippen LogP) is 0.602. The zero-order valence-electron chi connectivity index (χ0n) is 8.23. The van der Waals surface area contributed by atoms with Crippen LogP contribution in [0.3, 0.4) is 0 Å². The maximum Gasteiger partial charge on any atom is 0.147 e. The summed E-state index contributed by atoms with van der Waals surface area (Å²) in [5.41, 5.74) is 0.884.